The van der Waals surface area contributed by atoms with Gasteiger partial charge in [0.15, 0.2) is 5.13 Å². The minimum atomic E-state index is -0.130. The molecule has 8 heteroatoms. The first-order valence-corrected chi connectivity index (χ1v) is 8.21. The van der Waals surface area contributed by atoms with Gasteiger partial charge in [0.1, 0.15) is 5.65 Å². The SMILES string of the molecule is O=C(Nc1nc(-c2c[nH]c3ncccc23)cs1)N1CCOCC1. The number of morpholine rings is 1. The highest BCUT2D eigenvalue weighted by atomic mass is 32.1. The molecule has 118 valence electrons. The number of thiazole rings is 1. The smallest absolute Gasteiger partial charge is 0.323 e. The fraction of sp³-hybridized carbons (Fsp3) is 0.267. The molecule has 1 aliphatic heterocycles. The molecule has 4 rings (SSSR count). The maximum absolute atomic E-state index is 12.2. The van der Waals surface area contributed by atoms with Crippen molar-refractivity contribution < 1.29 is 9.53 Å². The highest BCUT2D eigenvalue weighted by Gasteiger charge is 2.18. The molecule has 2 amide bonds. The van der Waals surface area contributed by atoms with Crippen molar-refractivity contribution in [2.45, 2.75) is 0 Å². The number of aromatic nitrogens is 3. The third-order valence-electron chi connectivity index (χ3n) is 3.74. The Labute approximate surface area is 136 Å². The molecule has 0 unspecified atom stereocenters. The van der Waals surface area contributed by atoms with Crippen LogP contribution >= 0.6 is 11.3 Å². The Balaban J connectivity index is 1.53. The van der Waals surface area contributed by atoms with E-state index in [1.807, 2.05) is 23.7 Å². The van der Waals surface area contributed by atoms with Gasteiger partial charge in [-0.1, -0.05) is 0 Å². The van der Waals surface area contributed by atoms with Crippen LogP contribution in [0.5, 0.6) is 0 Å². The van der Waals surface area contributed by atoms with E-state index in [2.05, 4.69) is 20.3 Å². The van der Waals surface area contributed by atoms with Gasteiger partial charge in [-0.3, -0.25) is 5.32 Å². The van der Waals surface area contributed by atoms with Gasteiger partial charge in [0, 0.05) is 41.8 Å². The van der Waals surface area contributed by atoms with Crippen LogP contribution in [0.2, 0.25) is 0 Å². The van der Waals surface area contributed by atoms with Crippen molar-refractivity contribution in [2.24, 2.45) is 0 Å². The number of H-pyrrole nitrogens is 1. The topological polar surface area (TPSA) is 83.1 Å². The molecule has 2 N–H and O–H groups in total. The average Bonchev–Trinajstić information content (AvgIpc) is 3.22. The molecule has 4 heterocycles. The van der Waals surface area contributed by atoms with Crippen molar-refractivity contribution in [1.29, 1.82) is 0 Å². The lowest BCUT2D eigenvalue weighted by Crippen LogP contribution is -2.43. The molecule has 1 saturated heterocycles. The van der Waals surface area contributed by atoms with Crippen LogP contribution in [0.1, 0.15) is 0 Å². The van der Waals surface area contributed by atoms with Crippen molar-refractivity contribution in [3.63, 3.8) is 0 Å². The van der Waals surface area contributed by atoms with E-state index in [1.165, 1.54) is 11.3 Å². The number of pyridine rings is 1. The number of hydrogen-bond acceptors (Lipinski definition) is 5. The van der Waals surface area contributed by atoms with E-state index >= 15 is 0 Å². The van der Waals surface area contributed by atoms with Gasteiger partial charge in [-0.25, -0.2) is 14.8 Å². The van der Waals surface area contributed by atoms with E-state index in [-0.39, 0.29) is 6.03 Å². The second kappa shape index (κ2) is 5.98. The van der Waals surface area contributed by atoms with E-state index in [0.717, 1.165) is 22.3 Å². The number of carbonyl (C=O) groups is 1. The first-order chi connectivity index (χ1) is 11.3. The van der Waals surface area contributed by atoms with Gasteiger partial charge < -0.3 is 14.6 Å². The van der Waals surface area contributed by atoms with Crippen LogP contribution in [0.25, 0.3) is 22.3 Å². The standard InChI is InChI=1S/C15H15N5O2S/c21-15(20-4-6-22-7-5-20)19-14-18-12(9-23-14)11-8-17-13-10(11)2-1-3-16-13/h1-3,8-9H,4-7H2,(H,16,17)(H,18,19,21). The van der Waals surface area contributed by atoms with Crippen molar-refractivity contribution >= 4 is 33.5 Å². The van der Waals surface area contributed by atoms with Crippen LogP contribution in [-0.2, 0) is 4.74 Å². The molecule has 0 aromatic carbocycles. The third-order valence-corrected chi connectivity index (χ3v) is 4.50. The minimum absolute atomic E-state index is 0.130. The number of aromatic amines is 1. The van der Waals surface area contributed by atoms with Gasteiger partial charge in [0.05, 0.1) is 18.9 Å². The molecule has 3 aromatic rings. The Bertz CT molecular complexity index is 837. The number of ether oxygens (including phenoxy) is 1. The minimum Gasteiger partial charge on any atom is -0.378 e. The lowest BCUT2D eigenvalue weighted by atomic mass is 10.2. The van der Waals surface area contributed by atoms with E-state index in [0.29, 0.717) is 31.4 Å². The van der Waals surface area contributed by atoms with Crippen LogP contribution < -0.4 is 5.32 Å². The predicted octanol–water partition coefficient (Wildman–Crippen LogP) is 2.55. The summed E-state index contributed by atoms with van der Waals surface area (Å²) in [6.07, 6.45) is 3.64. The fourth-order valence-electron chi connectivity index (χ4n) is 2.56. The van der Waals surface area contributed by atoms with E-state index in [1.54, 1.807) is 11.1 Å². The first-order valence-electron chi connectivity index (χ1n) is 7.33. The lowest BCUT2D eigenvalue weighted by molar-refractivity contribution is 0.0564. The number of urea groups is 1. The highest BCUT2D eigenvalue weighted by molar-refractivity contribution is 7.14. The lowest BCUT2D eigenvalue weighted by Gasteiger charge is -2.26. The van der Waals surface area contributed by atoms with Crippen LogP contribution in [0.4, 0.5) is 9.93 Å². The molecule has 0 aliphatic carbocycles. The van der Waals surface area contributed by atoms with Crippen molar-refractivity contribution in [2.75, 3.05) is 31.6 Å². The third kappa shape index (κ3) is 2.78. The second-order valence-electron chi connectivity index (χ2n) is 5.17. The Morgan fingerprint density at radius 3 is 3.13 bits per heavy atom. The Kier molecular flexibility index (Phi) is 3.68. The maximum atomic E-state index is 12.2. The number of rotatable bonds is 2. The van der Waals surface area contributed by atoms with Gasteiger partial charge in [-0.2, -0.15) is 0 Å². The number of nitrogens with one attached hydrogen (secondary N) is 2. The molecule has 1 fully saturated rings. The summed E-state index contributed by atoms with van der Waals surface area (Å²) in [5, 5.41) is 6.40. The average molecular weight is 329 g/mol. The van der Waals surface area contributed by atoms with Crippen LogP contribution in [-0.4, -0.2) is 52.2 Å². The number of amides is 2. The summed E-state index contributed by atoms with van der Waals surface area (Å²) in [6, 6.07) is 3.77. The fourth-order valence-corrected chi connectivity index (χ4v) is 3.26. The van der Waals surface area contributed by atoms with Gasteiger partial charge in [-0.15, -0.1) is 11.3 Å². The van der Waals surface area contributed by atoms with Crippen molar-refractivity contribution in [3.05, 3.63) is 29.9 Å². The first kappa shape index (κ1) is 14.2. The molecular weight excluding hydrogens is 314 g/mol. The Morgan fingerprint density at radius 2 is 2.26 bits per heavy atom. The molecule has 7 nitrogen and oxygen atoms in total. The summed E-state index contributed by atoms with van der Waals surface area (Å²) in [7, 11) is 0. The van der Waals surface area contributed by atoms with Gasteiger partial charge in [-0.05, 0) is 12.1 Å². The van der Waals surface area contributed by atoms with E-state index in [4.69, 9.17) is 4.74 Å². The number of carbonyl (C=O) groups excluding carboxylic acids is 1. The number of nitrogens with zero attached hydrogens (tertiary/aromatic N) is 3. The summed E-state index contributed by atoms with van der Waals surface area (Å²) in [5.74, 6) is 0. The largest absolute Gasteiger partial charge is 0.378 e. The van der Waals surface area contributed by atoms with Gasteiger partial charge >= 0.3 is 6.03 Å². The highest BCUT2D eigenvalue weighted by Crippen LogP contribution is 2.30. The zero-order valence-corrected chi connectivity index (χ0v) is 13.1. The molecule has 0 radical (unpaired) electrons. The zero-order valence-electron chi connectivity index (χ0n) is 12.3. The van der Waals surface area contributed by atoms with Crippen LogP contribution in [0, 0.1) is 0 Å². The number of hydrogen-bond donors (Lipinski definition) is 2. The monoisotopic (exact) mass is 329 g/mol. The normalized spacial score (nSPS) is 15.0. The maximum Gasteiger partial charge on any atom is 0.323 e. The molecular formula is C15H15N5O2S. The molecule has 0 saturated carbocycles. The van der Waals surface area contributed by atoms with Gasteiger partial charge in [0.25, 0.3) is 0 Å². The van der Waals surface area contributed by atoms with Crippen LogP contribution in [0.3, 0.4) is 0 Å². The van der Waals surface area contributed by atoms with E-state index < -0.39 is 0 Å². The zero-order chi connectivity index (χ0) is 15.6. The summed E-state index contributed by atoms with van der Waals surface area (Å²) in [5.41, 5.74) is 2.64. The van der Waals surface area contributed by atoms with Crippen molar-refractivity contribution in [3.8, 4) is 11.3 Å². The quantitative estimate of drug-likeness (QED) is 0.757. The van der Waals surface area contributed by atoms with Crippen molar-refractivity contribution in [1.82, 2.24) is 19.9 Å². The Hall–Kier alpha value is -2.45. The molecule has 0 atom stereocenters. The predicted molar refractivity (Wildman–Crippen MR) is 88.6 cm³/mol. The Morgan fingerprint density at radius 1 is 1.39 bits per heavy atom. The molecule has 23 heavy (non-hydrogen) atoms. The number of anilines is 1. The summed E-state index contributed by atoms with van der Waals surface area (Å²) >= 11 is 1.41. The molecule has 3 aromatic heterocycles. The molecule has 0 bridgehead atoms. The van der Waals surface area contributed by atoms with Gasteiger partial charge in [0.2, 0.25) is 0 Å². The number of fused-ring (bicyclic) bond motifs is 1. The molecule has 1 aliphatic rings. The summed E-state index contributed by atoms with van der Waals surface area (Å²) < 4.78 is 5.25. The molecule has 0 spiro atoms. The summed E-state index contributed by atoms with van der Waals surface area (Å²) in [4.78, 5) is 25.8. The van der Waals surface area contributed by atoms with Crippen LogP contribution in [0.15, 0.2) is 29.9 Å². The summed E-state index contributed by atoms with van der Waals surface area (Å²) in [6.45, 7) is 2.38. The van der Waals surface area contributed by atoms with E-state index in [9.17, 15) is 4.79 Å². The second-order valence-corrected chi connectivity index (χ2v) is 6.03.